The fourth-order valence-corrected chi connectivity index (χ4v) is 1.83. The second-order valence-corrected chi connectivity index (χ2v) is 4.54. The predicted molar refractivity (Wildman–Crippen MR) is 64.6 cm³/mol. The Morgan fingerprint density at radius 3 is 2.81 bits per heavy atom. The third-order valence-corrected chi connectivity index (χ3v) is 3.02. The van der Waals surface area contributed by atoms with Crippen LogP contribution in [0.2, 0.25) is 0 Å². The van der Waals surface area contributed by atoms with Gasteiger partial charge in [-0.2, -0.15) is 0 Å². The number of oxazole rings is 1. The number of rotatable bonds is 6. The molecule has 0 aliphatic rings. The van der Waals surface area contributed by atoms with Crippen LogP contribution in [0.4, 0.5) is 0 Å². The van der Waals surface area contributed by atoms with Gasteiger partial charge in [0, 0.05) is 6.54 Å². The van der Waals surface area contributed by atoms with E-state index in [0.717, 1.165) is 30.8 Å². The molecule has 0 aliphatic heterocycles. The van der Waals surface area contributed by atoms with Gasteiger partial charge in [-0.25, -0.2) is 4.98 Å². The summed E-state index contributed by atoms with van der Waals surface area (Å²) in [6.07, 6.45) is 2.11. The third kappa shape index (κ3) is 4.26. The summed E-state index contributed by atoms with van der Waals surface area (Å²) in [6, 6.07) is 0. The van der Waals surface area contributed by atoms with E-state index in [1.54, 1.807) is 0 Å². The Balaban J connectivity index is 2.26. The van der Waals surface area contributed by atoms with Gasteiger partial charge in [-0.05, 0) is 20.3 Å². The Kier molecular flexibility index (Phi) is 5.38. The minimum Gasteiger partial charge on any atom is -0.437 e. The molecule has 0 unspecified atom stereocenters. The Morgan fingerprint density at radius 1 is 1.50 bits per heavy atom. The molecule has 0 radical (unpaired) electrons. The van der Waals surface area contributed by atoms with Crippen molar-refractivity contribution in [3.8, 4) is 0 Å². The molecule has 0 fully saturated rings. The molecule has 0 spiro atoms. The SMILES string of the molecule is CCCCNC(=O)CSc1nc(C)c(C)o1. The second-order valence-electron chi connectivity index (χ2n) is 3.61. The van der Waals surface area contributed by atoms with E-state index in [-0.39, 0.29) is 5.91 Å². The van der Waals surface area contributed by atoms with Crippen molar-refractivity contribution >= 4 is 17.7 Å². The van der Waals surface area contributed by atoms with Gasteiger partial charge in [0.25, 0.3) is 5.22 Å². The van der Waals surface area contributed by atoms with Crippen molar-refractivity contribution in [2.45, 2.75) is 38.8 Å². The van der Waals surface area contributed by atoms with Gasteiger partial charge in [0.05, 0.1) is 11.4 Å². The normalized spacial score (nSPS) is 10.4. The quantitative estimate of drug-likeness (QED) is 0.614. The zero-order chi connectivity index (χ0) is 12.0. The van der Waals surface area contributed by atoms with E-state index in [2.05, 4.69) is 17.2 Å². The zero-order valence-corrected chi connectivity index (χ0v) is 10.8. The van der Waals surface area contributed by atoms with Crippen molar-refractivity contribution in [3.63, 3.8) is 0 Å². The standard InChI is InChI=1S/C11H18N2O2S/c1-4-5-6-12-10(14)7-16-11-13-8(2)9(3)15-11/h4-7H2,1-3H3,(H,12,14). The van der Waals surface area contributed by atoms with Crippen LogP contribution in [0.5, 0.6) is 0 Å². The molecule has 1 rings (SSSR count). The average Bonchev–Trinajstić information content (AvgIpc) is 2.56. The number of hydrogen-bond donors (Lipinski definition) is 1. The van der Waals surface area contributed by atoms with E-state index in [0.29, 0.717) is 11.0 Å². The van der Waals surface area contributed by atoms with Crippen molar-refractivity contribution in [1.29, 1.82) is 0 Å². The van der Waals surface area contributed by atoms with Crippen LogP contribution >= 0.6 is 11.8 Å². The third-order valence-electron chi connectivity index (χ3n) is 2.19. The Hall–Kier alpha value is -0.970. The first-order valence-corrected chi connectivity index (χ1v) is 6.45. The molecule has 5 heteroatoms. The molecule has 1 amide bonds. The van der Waals surface area contributed by atoms with Gasteiger partial charge < -0.3 is 9.73 Å². The lowest BCUT2D eigenvalue weighted by Crippen LogP contribution is -2.25. The highest BCUT2D eigenvalue weighted by Gasteiger charge is 2.08. The van der Waals surface area contributed by atoms with Crippen LogP contribution in [0.15, 0.2) is 9.64 Å². The molecule has 0 atom stereocenters. The smallest absolute Gasteiger partial charge is 0.256 e. The van der Waals surface area contributed by atoms with Crippen LogP contribution < -0.4 is 5.32 Å². The summed E-state index contributed by atoms with van der Waals surface area (Å²) in [5.41, 5.74) is 0.883. The summed E-state index contributed by atoms with van der Waals surface area (Å²) in [6.45, 7) is 6.61. The fraction of sp³-hybridized carbons (Fsp3) is 0.636. The predicted octanol–water partition coefficient (Wildman–Crippen LogP) is 2.30. The second kappa shape index (κ2) is 6.58. The molecule has 1 heterocycles. The molecule has 0 bridgehead atoms. The van der Waals surface area contributed by atoms with E-state index in [1.165, 1.54) is 11.8 Å². The van der Waals surface area contributed by atoms with Crippen molar-refractivity contribution in [3.05, 3.63) is 11.5 Å². The van der Waals surface area contributed by atoms with Crippen molar-refractivity contribution < 1.29 is 9.21 Å². The molecule has 0 aliphatic carbocycles. The summed E-state index contributed by atoms with van der Waals surface area (Å²) < 4.78 is 5.36. The van der Waals surface area contributed by atoms with Crippen LogP contribution in [0.1, 0.15) is 31.2 Å². The minimum atomic E-state index is 0.0342. The first-order chi connectivity index (χ1) is 7.63. The lowest BCUT2D eigenvalue weighted by atomic mass is 10.3. The molecule has 1 N–H and O–H groups in total. The number of thioether (sulfide) groups is 1. The number of nitrogens with one attached hydrogen (secondary N) is 1. The lowest BCUT2D eigenvalue weighted by Gasteiger charge is -2.01. The molecule has 0 aromatic carbocycles. The summed E-state index contributed by atoms with van der Waals surface area (Å²) in [5, 5.41) is 3.42. The maximum atomic E-state index is 11.4. The minimum absolute atomic E-state index is 0.0342. The summed E-state index contributed by atoms with van der Waals surface area (Å²) >= 11 is 1.33. The highest BCUT2D eigenvalue weighted by atomic mass is 32.2. The monoisotopic (exact) mass is 242 g/mol. The summed E-state index contributed by atoms with van der Waals surface area (Å²) in [4.78, 5) is 15.6. The van der Waals surface area contributed by atoms with Crippen LogP contribution in [0.3, 0.4) is 0 Å². The van der Waals surface area contributed by atoms with Gasteiger partial charge in [-0.1, -0.05) is 25.1 Å². The fourth-order valence-electron chi connectivity index (χ4n) is 1.09. The number of hydrogen-bond acceptors (Lipinski definition) is 4. The highest BCUT2D eigenvalue weighted by molar-refractivity contribution is 7.99. The van der Waals surface area contributed by atoms with E-state index in [9.17, 15) is 4.79 Å². The lowest BCUT2D eigenvalue weighted by molar-refractivity contribution is -0.118. The highest BCUT2D eigenvalue weighted by Crippen LogP contribution is 2.19. The van der Waals surface area contributed by atoms with Gasteiger partial charge >= 0.3 is 0 Å². The van der Waals surface area contributed by atoms with Gasteiger partial charge in [0.1, 0.15) is 5.76 Å². The molecular weight excluding hydrogens is 224 g/mol. The Morgan fingerprint density at radius 2 is 2.25 bits per heavy atom. The van der Waals surface area contributed by atoms with Crippen molar-refractivity contribution in [2.75, 3.05) is 12.3 Å². The number of nitrogens with zero attached hydrogens (tertiary/aromatic N) is 1. The summed E-state index contributed by atoms with van der Waals surface area (Å²) in [5.74, 6) is 1.21. The molecule has 1 aromatic rings. The molecule has 16 heavy (non-hydrogen) atoms. The van der Waals surface area contributed by atoms with Gasteiger partial charge in [-0.15, -0.1) is 0 Å². The zero-order valence-electron chi connectivity index (χ0n) is 10.0. The van der Waals surface area contributed by atoms with Crippen LogP contribution in [-0.2, 0) is 4.79 Å². The number of unbranched alkanes of at least 4 members (excludes halogenated alkanes) is 1. The largest absolute Gasteiger partial charge is 0.437 e. The van der Waals surface area contributed by atoms with E-state index in [1.807, 2.05) is 13.8 Å². The molecule has 0 saturated heterocycles. The first-order valence-electron chi connectivity index (χ1n) is 5.47. The summed E-state index contributed by atoms with van der Waals surface area (Å²) in [7, 11) is 0. The van der Waals surface area contributed by atoms with Crippen LogP contribution in [-0.4, -0.2) is 23.2 Å². The molecule has 90 valence electrons. The number of carbonyl (C=O) groups is 1. The molecule has 1 aromatic heterocycles. The van der Waals surface area contributed by atoms with E-state index < -0.39 is 0 Å². The van der Waals surface area contributed by atoms with Crippen molar-refractivity contribution in [1.82, 2.24) is 10.3 Å². The molecule has 4 nitrogen and oxygen atoms in total. The van der Waals surface area contributed by atoms with E-state index >= 15 is 0 Å². The van der Waals surface area contributed by atoms with E-state index in [4.69, 9.17) is 4.42 Å². The van der Waals surface area contributed by atoms with Gasteiger partial charge in [0.2, 0.25) is 5.91 Å². The maximum Gasteiger partial charge on any atom is 0.256 e. The van der Waals surface area contributed by atoms with Crippen LogP contribution in [0, 0.1) is 13.8 Å². The Bertz CT molecular complexity index is 330. The number of amides is 1. The van der Waals surface area contributed by atoms with Crippen molar-refractivity contribution in [2.24, 2.45) is 0 Å². The van der Waals surface area contributed by atoms with Gasteiger partial charge in [0.15, 0.2) is 0 Å². The molecular formula is C11H18N2O2S. The topological polar surface area (TPSA) is 55.1 Å². The number of carbonyl (C=O) groups excluding carboxylic acids is 1. The number of aryl methyl sites for hydroxylation is 2. The van der Waals surface area contributed by atoms with Crippen LogP contribution in [0.25, 0.3) is 0 Å². The van der Waals surface area contributed by atoms with Gasteiger partial charge in [-0.3, -0.25) is 4.79 Å². The number of aromatic nitrogens is 1. The Labute approximate surface area is 100 Å². The average molecular weight is 242 g/mol. The maximum absolute atomic E-state index is 11.4. The molecule has 0 saturated carbocycles. The first kappa shape index (κ1) is 13.1.